The van der Waals surface area contributed by atoms with Crippen LogP contribution < -0.4 is 5.32 Å². The second-order valence-electron chi connectivity index (χ2n) is 9.24. The van der Waals surface area contributed by atoms with Gasteiger partial charge in [0.05, 0.1) is 24.8 Å². The molecule has 2 N–H and O–H groups in total. The molecule has 4 heterocycles. The molecule has 0 spiro atoms. The number of aliphatic hydroxyl groups is 1. The van der Waals surface area contributed by atoms with Crippen molar-refractivity contribution in [3.8, 4) is 0 Å². The van der Waals surface area contributed by atoms with Gasteiger partial charge in [0.25, 0.3) is 0 Å². The number of nitrogens with one attached hydrogen (secondary N) is 1. The number of nitrogens with zero attached hydrogens (tertiary/aromatic N) is 5. The predicted octanol–water partition coefficient (Wildman–Crippen LogP) is 2.09. The maximum absolute atomic E-state index is 12.7. The lowest BCUT2D eigenvalue weighted by Crippen LogP contribution is -2.36. The van der Waals surface area contributed by atoms with Gasteiger partial charge in [-0.05, 0) is 36.2 Å². The molecule has 0 amide bonds. The number of ketones is 1. The summed E-state index contributed by atoms with van der Waals surface area (Å²) in [4.78, 5) is 24.6. The Kier molecular flexibility index (Phi) is 5.57. The maximum Gasteiger partial charge on any atom is 0.184 e. The summed E-state index contributed by atoms with van der Waals surface area (Å²) < 4.78 is 1.75. The zero-order valence-corrected chi connectivity index (χ0v) is 19.0. The Bertz CT molecular complexity index is 1240. The third-order valence-corrected chi connectivity index (χ3v) is 7.17. The zero-order chi connectivity index (χ0) is 23.1. The molecule has 0 bridgehead atoms. The van der Waals surface area contributed by atoms with Gasteiger partial charge in [-0.15, -0.1) is 0 Å². The fraction of sp³-hybridized carbons (Fsp3) is 0.385. The summed E-state index contributed by atoms with van der Waals surface area (Å²) in [6.07, 6.45) is 2.82. The van der Waals surface area contributed by atoms with Crippen molar-refractivity contribution in [1.82, 2.24) is 25.0 Å². The number of likely N-dealkylation sites (tertiary alicyclic amines) is 1. The molecule has 34 heavy (non-hydrogen) atoms. The summed E-state index contributed by atoms with van der Waals surface area (Å²) in [7, 11) is 0. The largest absolute Gasteiger partial charge is 0.394 e. The molecule has 8 heteroatoms. The fourth-order valence-electron chi connectivity index (χ4n) is 5.34. The summed E-state index contributed by atoms with van der Waals surface area (Å²) >= 11 is 0. The van der Waals surface area contributed by atoms with Gasteiger partial charge in [0.1, 0.15) is 18.7 Å². The third-order valence-electron chi connectivity index (χ3n) is 7.17. The van der Waals surface area contributed by atoms with Crippen molar-refractivity contribution in [2.45, 2.75) is 38.0 Å². The molecule has 1 aromatic heterocycles. The van der Waals surface area contributed by atoms with Crippen LogP contribution in [0, 0.1) is 0 Å². The van der Waals surface area contributed by atoms with Gasteiger partial charge in [0.15, 0.2) is 5.78 Å². The van der Waals surface area contributed by atoms with Crippen LogP contribution in [0.25, 0.3) is 0 Å². The Labute approximate surface area is 198 Å². The number of hydrogen-bond donors (Lipinski definition) is 2. The van der Waals surface area contributed by atoms with E-state index in [4.69, 9.17) is 4.99 Å². The Morgan fingerprint density at radius 1 is 1.12 bits per heavy atom. The van der Waals surface area contributed by atoms with E-state index < -0.39 is 0 Å². The van der Waals surface area contributed by atoms with E-state index in [-0.39, 0.29) is 30.9 Å². The van der Waals surface area contributed by atoms with E-state index in [0.29, 0.717) is 13.1 Å². The van der Waals surface area contributed by atoms with Crippen LogP contribution in [-0.2, 0) is 19.6 Å². The van der Waals surface area contributed by atoms with Gasteiger partial charge in [-0.2, -0.15) is 5.10 Å². The number of Topliss-reactive ketones (excluding diaryl/α,β-unsaturated/α-hetero) is 1. The zero-order valence-electron chi connectivity index (χ0n) is 19.0. The minimum atomic E-state index is -0.245. The first kappa shape index (κ1) is 21.3. The first-order valence-corrected chi connectivity index (χ1v) is 12.0. The average molecular weight is 457 g/mol. The van der Waals surface area contributed by atoms with Crippen molar-refractivity contribution in [2.75, 3.05) is 26.2 Å². The van der Waals surface area contributed by atoms with E-state index in [1.54, 1.807) is 4.68 Å². The normalized spacial score (nSPS) is 22.0. The van der Waals surface area contributed by atoms with Crippen LogP contribution in [-0.4, -0.2) is 62.5 Å². The first-order valence-electron chi connectivity index (χ1n) is 12.0. The molecule has 2 atom stereocenters. The number of rotatable bonds is 6. The predicted molar refractivity (Wildman–Crippen MR) is 128 cm³/mol. The Balaban J connectivity index is 1.45. The van der Waals surface area contributed by atoms with Gasteiger partial charge < -0.3 is 10.4 Å². The lowest BCUT2D eigenvalue weighted by Gasteiger charge is -2.31. The SMILES string of the molecule is O=C1CN=C2c3c(cccc31)CNC(c1ccc(CN3CCC3)cc1)C2c1ncnn1CCO. The fourth-order valence-corrected chi connectivity index (χ4v) is 5.34. The lowest BCUT2D eigenvalue weighted by atomic mass is 9.82. The number of aliphatic hydroxyl groups excluding tert-OH is 1. The number of aliphatic imine (C=N–C) groups is 1. The third kappa shape index (κ3) is 3.68. The maximum atomic E-state index is 12.7. The molecule has 3 aliphatic rings. The molecule has 0 aliphatic carbocycles. The highest BCUT2D eigenvalue weighted by Crippen LogP contribution is 2.39. The second-order valence-corrected chi connectivity index (χ2v) is 9.24. The molecule has 0 saturated carbocycles. The smallest absolute Gasteiger partial charge is 0.184 e. The van der Waals surface area contributed by atoms with Gasteiger partial charge in [-0.1, -0.05) is 42.5 Å². The number of hydrogen-bond acceptors (Lipinski definition) is 7. The Hall–Kier alpha value is -3.20. The highest BCUT2D eigenvalue weighted by Gasteiger charge is 2.39. The molecule has 1 saturated heterocycles. The molecular weight excluding hydrogens is 428 g/mol. The van der Waals surface area contributed by atoms with E-state index in [1.165, 1.54) is 31.4 Å². The molecule has 174 valence electrons. The molecule has 2 unspecified atom stereocenters. The second kappa shape index (κ2) is 8.87. The topological polar surface area (TPSA) is 95.6 Å². The molecule has 0 radical (unpaired) electrons. The monoisotopic (exact) mass is 456 g/mol. The van der Waals surface area contributed by atoms with Crippen LogP contribution in [0.5, 0.6) is 0 Å². The van der Waals surface area contributed by atoms with Crippen LogP contribution in [0.1, 0.15) is 56.8 Å². The standard InChI is InChI=1S/C26H28N6O2/c33-12-11-32-26(29-16-30-32)23-24(18-7-5-17(6-8-18)15-31-9-2-10-31)27-13-19-3-1-4-20-21(34)14-28-25(23)22(19)20/h1,3-8,16,23-24,27,33H,2,9-15H2. The van der Waals surface area contributed by atoms with E-state index in [0.717, 1.165) is 40.3 Å². The summed E-state index contributed by atoms with van der Waals surface area (Å²) in [6, 6.07) is 14.6. The van der Waals surface area contributed by atoms with Gasteiger partial charge in [0, 0.05) is 30.3 Å². The van der Waals surface area contributed by atoms with Crippen molar-refractivity contribution in [3.63, 3.8) is 0 Å². The Morgan fingerprint density at radius 3 is 2.74 bits per heavy atom. The quantitative estimate of drug-likeness (QED) is 0.590. The van der Waals surface area contributed by atoms with Crippen LogP contribution in [0.2, 0.25) is 0 Å². The van der Waals surface area contributed by atoms with Gasteiger partial charge in [0.2, 0.25) is 0 Å². The van der Waals surface area contributed by atoms with Crippen LogP contribution in [0.3, 0.4) is 0 Å². The Morgan fingerprint density at radius 2 is 1.97 bits per heavy atom. The van der Waals surface area contributed by atoms with Crippen molar-refractivity contribution in [3.05, 3.63) is 82.4 Å². The number of carbonyl (C=O) groups is 1. The minimum absolute atomic E-state index is 0.0286. The van der Waals surface area contributed by atoms with Crippen LogP contribution >= 0.6 is 0 Å². The van der Waals surface area contributed by atoms with E-state index in [2.05, 4.69) is 50.6 Å². The molecule has 6 rings (SSSR count). The molecule has 2 aromatic carbocycles. The number of benzene rings is 2. The summed E-state index contributed by atoms with van der Waals surface area (Å²) in [5.74, 6) is 0.544. The molecule has 3 aromatic rings. The molecular formula is C26H28N6O2. The van der Waals surface area contributed by atoms with E-state index in [9.17, 15) is 9.90 Å². The van der Waals surface area contributed by atoms with Crippen molar-refractivity contribution in [2.24, 2.45) is 4.99 Å². The van der Waals surface area contributed by atoms with Crippen molar-refractivity contribution in [1.29, 1.82) is 0 Å². The number of aromatic nitrogens is 3. The molecule has 1 fully saturated rings. The molecule has 3 aliphatic heterocycles. The highest BCUT2D eigenvalue weighted by molar-refractivity contribution is 6.18. The summed E-state index contributed by atoms with van der Waals surface area (Å²) in [6.45, 7) is 4.42. The van der Waals surface area contributed by atoms with Crippen molar-refractivity contribution < 1.29 is 9.90 Å². The highest BCUT2D eigenvalue weighted by atomic mass is 16.3. The van der Waals surface area contributed by atoms with Crippen molar-refractivity contribution >= 4 is 11.5 Å². The first-order chi connectivity index (χ1) is 16.7. The lowest BCUT2D eigenvalue weighted by molar-refractivity contribution is 0.1000. The van der Waals surface area contributed by atoms with Crippen LogP contribution in [0.15, 0.2) is 53.8 Å². The van der Waals surface area contributed by atoms with Gasteiger partial charge >= 0.3 is 0 Å². The number of carbonyl (C=O) groups excluding carboxylic acids is 1. The molecule has 8 nitrogen and oxygen atoms in total. The van der Waals surface area contributed by atoms with Crippen LogP contribution in [0.4, 0.5) is 0 Å². The van der Waals surface area contributed by atoms with Gasteiger partial charge in [-0.25, -0.2) is 9.67 Å². The minimum Gasteiger partial charge on any atom is -0.394 e. The average Bonchev–Trinajstić information content (AvgIpc) is 3.21. The van der Waals surface area contributed by atoms with E-state index >= 15 is 0 Å². The summed E-state index contributed by atoms with van der Waals surface area (Å²) in [5.41, 5.74) is 6.05. The van der Waals surface area contributed by atoms with E-state index in [1.807, 2.05) is 12.1 Å². The summed E-state index contributed by atoms with van der Waals surface area (Å²) in [5, 5.41) is 17.7. The van der Waals surface area contributed by atoms with Gasteiger partial charge in [-0.3, -0.25) is 14.7 Å².